The van der Waals surface area contributed by atoms with Crippen molar-refractivity contribution >= 4 is 29.1 Å². The number of rotatable bonds is 8. The quantitative estimate of drug-likeness (QED) is 0.339. The number of aliphatic hydroxyl groups is 1. The van der Waals surface area contributed by atoms with Gasteiger partial charge in [-0.15, -0.1) is 0 Å². The molecule has 0 saturated heterocycles. The Hall–Kier alpha value is -2.51. The van der Waals surface area contributed by atoms with Crippen LogP contribution in [0.5, 0.6) is 0 Å². The summed E-state index contributed by atoms with van der Waals surface area (Å²) in [7, 11) is 0. The van der Waals surface area contributed by atoms with E-state index in [9.17, 15) is 9.90 Å². The summed E-state index contributed by atoms with van der Waals surface area (Å²) in [6.07, 6.45) is 4.46. The van der Waals surface area contributed by atoms with E-state index in [2.05, 4.69) is 11.9 Å². The Kier molecular flexibility index (Phi) is 6.60. The number of benzene rings is 2. The number of halogens is 3. The summed E-state index contributed by atoms with van der Waals surface area (Å²) < 4.78 is 22.9. The fourth-order valence-corrected chi connectivity index (χ4v) is 5.22. The lowest BCUT2D eigenvalue weighted by molar-refractivity contribution is -0.127. The molecule has 37 heavy (non-hydrogen) atoms. The Bertz CT molecular complexity index is 1330. The smallest absolute Gasteiger partial charge is 0.257 e. The molecule has 8 heteroatoms. The van der Waals surface area contributed by atoms with Gasteiger partial charge in [0.1, 0.15) is 5.82 Å². The van der Waals surface area contributed by atoms with Gasteiger partial charge in [-0.05, 0) is 80.5 Å². The van der Waals surface area contributed by atoms with Crippen LogP contribution in [0.1, 0.15) is 72.8 Å². The second-order valence-corrected chi connectivity index (χ2v) is 11.5. The van der Waals surface area contributed by atoms with Gasteiger partial charge in [-0.2, -0.15) is 0 Å². The highest BCUT2D eigenvalue weighted by molar-refractivity contribution is 6.30. The number of carbonyl (C=O) groups excluding carboxylic acids is 1. The first-order chi connectivity index (χ1) is 17.5. The predicted octanol–water partition coefficient (Wildman–Crippen LogP) is 6.82. The number of fused-ring (bicyclic) bond motifs is 1. The molecule has 5 rings (SSSR count). The van der Waals surface area contributed by atoms with Gasteiger partial charge in [0.05, 0.1) is 40.6 Å². The van der Waals surface area contributed by atoms with Crippen LogP contribution >= 0.6 is 23.2 Å². The lowest BCUT2D eigenvalue weighted by Gasteiger charge is -2.40. The maximum absolute atomic E-state index is 16.2. The Morgan fingerprint density at radius 2 is 1.78 bits per heavy atom. The third-order valence-corrected chi connectivity index (χ3v) is 8.11. The molecule has 0 spiro atoms. The lowest BCUT2D eigenvalue weighted by Crippen LogP contribution is -2.48. The molecule has 2 heterocycles. The van der Waals surface area contributed by atoms with Gasteiger partial charge >= 0.3 is 0 Å². The zero-order valence-electron chi connectivity index (χ0n) is 21.0. The van der Waals surface area contributed by atoms with Crippen LogP contribution in [0.25, 0.3) is 0 Å². The van der Waals surface area contributed by atoms with Crippen LogP contribution in [0.3, 0.4) is 0 Å². The normalized spacial score (nSPS) is 20.3. The number of nitrogens with zero attached hydrogens (tertiary/aromatic N) is 2. The monoisotopic (exact) mass is 542 g/mol. The highest BCUT2D eigenvalue weighted by Gasteiger charge is 2.56. The van der Waals surface area contributed by atoms with E-state index in [1.807, 2.05) is 0 Å². The first-order valence-corrected chi connectivity index (χ1v) is 13.1. The van der Waals surface area contributed by atoms with Gasteiger partial charge in [-0.1, -0.05) is 42.3 Å². The Labute approximate surface area is 226 Å². The van der Waals surface area contributed by atoms with Crippen LogP contribution < -0.4 is 0 Å². The second kappa shape index (κ2) is 9.35. The summed E-state index contributed by atoms with van der Waals surface area (Å²) in [5.41, 5.74) is -1.14. The van der Waals surface area contributed by atoms with Crippen LogP contribution in [-0.2, 0) is 22.6 Å². The van der Waals surface area contributed by atoms with E-state index in [0.717, 1.165) is 19.3 Å². The third-order valence-electron chi connectivity index (χ3n) is 7.63. The zero-order chi connectivity index (χ0) is 26.6. The molecule has 1 saturated carbocycles. The molecular formula is C29H29Cl2FN2O3. The van der Waals surface area contributed by atoms with Crippen molar-refractivity contribution in [2.24, 2.45) is 5.41 Å². The lowest BCUT2D eigenvalue weighted by atomic mass is 9.88. The van der Waals surface area contributed by atoms with Gasteiger partial charge < -0.3 is 9.84 Å². The molecule has 1 atom stereocenters. The Morgan fingerprint density at radius 3 is 2.35 bits per heavy atom. The summed E-state index contributed by atoms with van der Waals surface area (Å²) in [6.45, 7) is 5.65. The predicted molar refractivity (Wildman–Crippen MR) is 141 cm³/mol. The van der Waals surface area contributed by atoms with Crippen LogP contribution in [0, 0.1) is 11.2 Å². The van der Waals surface area contributed by atoms with E-state index in [4.69, 9.17) is 27.9 Å². The van der Waals surface area contributed by atoms with Gasteiger partial charge in [-0.25, -0.2) is 4.39 Å². The number of aromatic nitrogens is 1. The van der Waals surface area contributed by atoms with Crippen LogP contribution in [0.15, 0.2) is 54.7 Å². The molecule has 1 amide bonds. The molecule has 1 aliphatic carbocycles. The maximum Gasteiger partial charge on any atom is 0.257 e. The number of amides is 1. The number of ether oxygens (including phenoxy) is 1. The molecule has 0 radical (unpaired) electrons. The molecule has 2 aromatic carbocycles. The minimum Gasteiger partial charge on any atom is -0.386 e. The van der Waals surface area contributed by atoms with Crippen molar-refractivity contribution in [2.75, 3.05) is 6.61 Å². The standard InChI is InChI=1S/C29H29Cl2FN2O3/c1-4-28(11-12-28)17-37-29(18-5-7-20(30)8-6-18)25-23(13-19(14-24(25)32)27(2,3)36)26(35)34(29)16-22-10-9-21(31)15-33-22/h5-10,13-15,36H,4,11-12,16-17H2,1-3H3. The minimum absolute atomic E-state index is 0.00107. The summed E-state index contributed by atoms with van der Waals surface area (Å²) in [6, 6.07) is 13.2. The summed E-state index contributed by atoms with van der Waals surface area (Å²) in [5, 5.41) is 11.6. The van der Waals surface area contributed by atoms with E-state index < -0.39 is 23.1 Å². The van der Waals surface area contributed by atoms with Gasteiger partial charge in [0, 0.05) is 16.8 Å². The molecular weight excluding hydrogens is 514 g/mol. The maximum atomic E-state index is 16.2. The van der Waals surface area contributed by atoms with Gasteiger partial charge in [0.2, 0.25) is 0 Å². The summed E-state index contributed by atoms with van der Waals surface area (Å²) >= 11 is 12.3. The van der Waals surface area contributed by atoms with E-state index in [1.165, 1.54) is 17.2 Å². The Balaban J connectivity index is 1.74. The average molecular weight is 543 g/mol. The molecule has 1 aliphatic heterocycles. The van der Waals surface area contributed by atoms with E-state index >= 15 is 4.39 Å². The molecule has 0 bridgehead atoms. The molecule has 194 valence electrons. The SMILES string of the molecule is CCC1(COC2(c3ccc(Cl)cc3)c3c(F)cc(C(C)(C)O)cc3C(=O)N2Cc2ccc(Cl)cn2)CC1. The first kappa shape index (κ1) is 26.1. The number of carbonyl (C=O) groups is 1. The molecule has 1 unspecified atom stereocenters. The average Bonchev–Trinajstić information content (AvgIpc) is 3.60. The van der Waals surface area contributed by atoms with E-state index in [1.54, 1.807) is 56.3 Å². The van der Waals surface area contributed by atoms with Gasteiger partial charge in [-0.3, -0.25) is 14.7 Å². The van der Waals surface area contributed by atoms with Crippen LogP contribution in [-0.4, -0.2) is 27.5 Å². The first-order valence-electron chi connectivity index (χ1n) is 12.4. The number of hydrogen-bond acceptors (Lipinski definition) is 4. The highest BCUT2D eigenvalue weighted by atomic mass is 35.5. The van der Waals surface area contributed by atoms with Crippen molar-refractivity contribution < 1.29 is 19.0 Å². The van der Waals surface area contributed by atoms with Crippen molar-refractivity contribution in [3.8, 4) is 0 Å². The van der Waals surface area contributed by atoms with Crippen LogP contribution in [0.4, 0.5) is 4.39 Å². The van der Waals surface area contributed by atoms with Crippen molar-refractivity contribution in [1.29, 1.82) is 0 Å². The summed E-state index contributed by atoms with van der Waals surface area (Å²) in [5.74, 6) is -1.03. The molecule has 2 aliphatic rings. The zero-order valence-corrected chi connectivity index (χ0v) is 22.5. The topological polar surface area (TPSA) is 62.7 Å². The molecule has 5 nitrogen and oxygen atoms in total. The van der Waals surface area contributed by atoms with Gasteiger partial charge in [0.15, 0.2) is 5.72 Å². The second-order valence-electron chi connectivity index (χ2n) is 10.6. The van der Waals surface area contributed by atoms with Crippen molar-refractivity contribution in [2.45, 2.75) is 57.9 Å². The Morgan fingerprint density at radius 1 is 1.11 bits per heavy atom. The molecule has 3 aromatic rings. The number of pyridine rings is 1. The van der Waals surface area contributed by atoms with E-state index in [-0.39, 0.29) is 23.1 Å². The van der Waals surface area contributed by atoms with E-state index in [0.29, 0.717) is 33.5 Å². The fourth-order valence-electron chi connectivity index (χ4n) is 4.99. The van der Waals surface area contributed by atoms with Crippen molar-refractivity contribution in [1.82, 2.24) is 9.88 Å². The molecule has 1 aromatic heterocycles. The largest absolute Gasteiger partial charge is 0.386 e. The fraction of sp³-hybridized carbons (Fsp3) is 0.379. The van der Waals surface area contributed by atoms with Gasteiger partial charge in [0.25, 0.3) is 5.91 Å². The highest BCUT2D eigenvalue weighted by Crippen LogP contribution is 2.53. The van der Waals surface area contributed by atoms with Crippen molar-refractivity contribution in [3.63, 3.8) is 0 Å². The minimum atomic E-state index is -1.55. The third kappa shape index (κ3) is 4.65. The van der Waals surface area contributed by atoms with Crippen molar-refractivity contribution in [3.05, 3.63) is 98.5 Å². The van der Waals surface area contributed by atoms with Crippen LogP contribution in [0.2, 0.25) is 10.0 Å². The summed E-state index contributed by atoms with van der Waals surface area (Å²) in [4.78, 5) is 20.0. The molecule has 1 fully saturated rings. The molecule has 1 N–H and O–H groups in total. The number of hydrogen-bond donors (Lipinski definition) is 1.